The van der Waals surface area contributed by atoms with E-state index < -0.39 is 10.0 Å². The zero-order chi connectivity index (χ0) is 17.9. The Kier molecular flexibility index (Phi) is 5.09. The lowest BCUT2D eigenvalue weighted by atomic mass is 10.1. The normalized spacial score (nSPS) is 11.6. The summed E-state index contributed by atoms with van der Waals surface area (Å²) in [6, 6.07) is 20.8. The predicted molar refractivity (Wildman–Crippen MR) is 105 cm³/mol. The summed E-state index contributed by atoms with van der Waals surface area (Å²) in [6.45, 7) is 4.50. The van der Waals surface area contributed by atoms with Gasteiger partial charge in [0.15, 0.2) is 0 Å². The average Bonchev–Trinajstić information content (AvgIpc) is 2.62. The van der Waals surface area contributed by atoms with Crippen molar-refractivity contribution in [3.63, 3.8) is 0 Å². The van der Waals surface area contributed by atoms with Gasteiger partial charge in [-0.1, -0.05) is 67.4 Å². The third-order valence-corrected chi connectivity index (χ3v) is 6.19. The minimum Gasteiger partial charge on any atom is -0.266 e. The van der Waals surface area contributed by atoms with E-state index in [0.717, 1.165) is 34.9 Å². The fourth-order valence-electron chi connectivity index (χ4n) is 2.94. The number of fused-ring (bicyclic) bond motifs is 1. The van der Waals surface area contributed by atoms with Gasteiger partial charge < -0.3 is 0 Å². The number of rotatable bonds is 6. The second-order valence-electron chi connectivity index (χ2n) is 6.24. The summed E-state index contributed by atoms with van der Waals surface area (Å²) < 4.78 is 28.2. The van der Waals surface area contributed by atoms with Gasteiger partial charge in [0, 0.05) is 11.9 Å². The number of anilines is 1. The highest BCUT2D eigenvalue weighted by atomic mass is 32.2. The first-order valence-corrected chi connectivity index (χ1v) is 10.0. The molecule has 0 atom stereocenters. The fourth-order valence-corrected chi connectivity index (χ4v) is 4.46. The Bertz CT molecular complexity index is 957. The molecule has 3 rings (SSSR count). The van der Waals surface area contributed by atoms with E-state index in [1.807, 2.05) is 61.5 Å². The van der Waals surface area contributed by atoms with E-state index in [9.17, 15) is 8.42 Å². The zero-order valence-corrected chi connectivity index (χ0v) is 15.5. The predicted octanol–water partition coefficient (Wildman–Crippen LogP) is 5.14. The van der Waals surface area contributed by atoms with Crippen LogP contribution < -0.4 is 4.31 Å². The molecule has 0 unspecified atom stereocenters. The van der Waals surface area contributed by atoms with Gasteiger partial charge in [0.1, 0.15) is 0 Å². The third kappa shape index (κ3) is 3.54. The Balaban J connectivity index is 2.15. The van der Waals surface area contributed by atoms with Crippen molar-refractivity contribution in [3.8, 4) is 0 Å². The molecule has 3 aromatic rings. The van der Waals surface area contributed by atoms with Crippen LogP contribution in [0.5, 0.6) is 0 Å². The number of sulfonamides is 1. The summed E-state index contributed by atoms with van der Waals surface area (Å²) in [7, 11) is -3.60. The van der Waals surface area contributed by atoms with Crippen molar-refractivity contribution in [2.75, 3.05) is 10.8 Å². The topological polar surface area (TPSA) is 37.4 Å². The van der Waals surface area contributed by atoms with Crippen LogP contribution in [0.15, 0.2) is 71.6 Å². The summed E-state index contributed by atoms with van der Waals surface area (Å²) in [5.41, 5.74) is 1.79. The highest BCUT2D eigenvalue weighted by Gasteiger charge is 2.25. The Labute approximate surface area is 150 Å². The molecule has 25 heavy (non-hydrogen) atoms. The van der Waals surface area contributed by atoms with Gasteiger partial charge in [-0.15, -0.1) is 0 Å². The van der Waals surface area contributed by atoms with Crippen molar-refractivity contribution in [2.24, 2.45) is 0 Å². The van der Waals surface area contributed by atoms with Gasteiger partial charge in [0.05, 0.1) is 10.6 Å². The van der Waals surface area contributed by atoms with E-state index >= 15 is 0 Å². The number of unbranched alkanes of at least 4 members (excludes halogenated alkanes) is 1. The first-order chi connectivity index (χ1) is 12.0. The minimum absolute atomic E-state index is 0.335. The first kappa shape index (κ1) is 17.5. The van der Waals surface area contributed by atoms with E-state index in [-0.39, 0.29) is 0 Å². The quantitative estimate of drug-likeness (QED) is 0.615. The standard InChI is InChI=1S/C21H23NO2S/c1-3-4-16-22(25(23,24)19-14-12-17(2)13-15-19)21-11-7-9-18-8-5-6-10-20(18)21/h5-15H,3-4,16H2,1-2H3. The zero-order valence-electron chi connectivity index (χ0n) is 14.6. The van der Waals surface area contributed by atoms with Gasteiger partial charge in [-0.3, -0.25) is 4.31 Å². The first-order valence-electron chi connectivity index (χ1n) is 8.61. The van der Waals surface area contributed by atoms with Gasteiger partial charge in [-0.05, 0) is 36.9 Å². The maximum Gasteiger partial charge on any atom is 0.264 e. The van der Waals surface area contributed by atoms with Crippen LogP contribution in [0.25, 0.3) is 10.8 Å². The van der Waals surface area contributed by atoms with Crippen LogP contribution in [-0.2, 0) is 10.0 Å². The minimum atomic E-state index is -3.60. The van der Waals surface area contributed by atoms with Gasteiger partial charge in [-0.25, -0.2) is 8.42 Å². The van der Waals surface area contributed by atoms with Gasteiger partial charge >= 0.3 is 0 Å². The van der Waals surface area contributed by atoms with Crippen LogP contribution in [0.3, 0.4) is 0 Å². The van der Waals surface area contributed by atoms with Crippen LogP contribution in [0.4, 0.5) is 5.69 Å². The molecular formula is C21H23NO2S. The van der Waals surface area contributed by atoms with Crippen LogP contribution in [0.1, 0.15) is 25.3 Å². The van der Waals surface area contributed by atoms with Crippen molar-refractivity contribution in [1.29, 1.82) is 0 Å². The maximum absolute atomic E-state index is 13.3. The fraction of sp³-hybridized carbons (Fsp3) is 0.238. The van der Waals surface area contributed by atoms with Crippen molar-refractivity contribution in [3.05, 3.63) is 72.3 Å². The molecule has 0 bridgehead atoms. The highest BCUT2D eigenvalue weighted by molar-refractivity contribution is 7.92. The smallest absolute Gasteiger partial charge is 0.264 e. The molecule has 0 aromatic heterocycles. The van der Waals surface area contributed by atoms with E-state index in [1.54, 1.807) is 16.4 Å². The highest BCUT2D eigenvalue weighted by Crippen LogP contribution is 2.31. The number of aryl methyl sites for hydroxylation is 1. The molecule has 0 saturated heterocycles. The van der Waals surface area contributed by atoms with Gasteiger partial charge in [-0.2, -0.15) is 0 Å². The lowest BCUT2D eigenvalue weighted by molar-refractivity contribution is 0.589. The van der Waals surface area contributed by atoms with Gasteiger partial charge in [0.2, 0.25) is 0 Å². The average molecular weight is 353 g/mol. The van der Waals surface area contributed by atoms with E-state index in [2.05, 4.69) is 6.92 Å². The summed E-state index contributed by atoms with van der Waals surface area (Å²) in [6.07, 6.45) is 1.75. The molecule has 0 spiro atoms. The molecule has 3 nitrogen and oxygen atoms in total. The molecule has 0 aliphatic heterocycles. The summed E-state index contributed by atoms with van der Waals surface area (Å²) >= 11 is 0. The van der Waals surface area contributed by atoms with Crippen LogP contribution in [-0.4, -0.2) is 15.0 Å². The Morgan fingerprint density at radius 1 is 0.880 bits per heavy atom. The van der Waals surface area contributed by atoms with Crippen molar-refractivity contribution in [2.45, 2.75) is 31.6 Å². The molecular weight excluding hydrogens is 330 g/mol. The summed E-state index contributed by atoms with van der Waals surface area (Å²) in [5, 5.41) is 2.00. The van der Waals surface area contributed by atoms with Crippen molar-refractivity contribution >= 4 is 26.5 Å². The Hall–Kier alpha value is -2.33. The Morgan fingerprint density at radius 3 is 2.28 bits per heavy atom. The van der Waals surface area contributed by atoms with E-state index in [0.29, 0.717) is 11.4 Å². The molecule has 0 saturated carbocycles. The number of benzene rings is 3. The summed E-state index contributed by atoms with van der Waals surface area (Å²) in [5.74, 6) is 0. The number of hydrogen-bond acceptors (Lipinski definition) is 2. The van der Waals surface area contributed by atoms with E-state index in [4.69, 9.17) is 0 Å². The molecule has 0 amide bonds. The van der Waals surface area contributed by atoms with Gasteiger partial charge in [0.25, 0.3) is 10.0 Å². The maximum atomic E-state index is 13.3. The Morgan fingerprint density at radius 2 is 1.56 bits per heavy atom. The molecule has 3 aromatic carbocycles. The molecule has 0 fully saturated rings. The molecule has 0 heterocycles. The monoisotopic (exact) mass is 353 g/mol. The molecule has 0 aliphatic rings. The molecule has 130 valence electrons. The second kappa shape index (κ2) is 7.28. The molecule has 4 heteroatoms. The van der Waals surface area contributed by atoms with Crippen LogP contribution in [0.2, 0.25) is 0 Å². The van der Waals surface area contributed by atoms with Crippen LogP contribution >= 0.6 is 0 Å². The lowest BCUT2D eigenvalue weighted by Gasteiger charge is -2.26. The molecule has 0 radical (unpaired) electrons. The second-order valence-corrected chi connectivity index (χ2v) is 8.10. The number of hydrogen-bond donors (Lipinski definition) is 0. The van der Waals surface area contributed by atoms with Crippen molar-refractivity contribution in [1.82, 2.24) is 0 Å². The SMILES string of the molecule is CCCCN(c1cccc2ccccc12)S(=O)(=O)c1ccc(C)cc1. The lowest BCUT2D eigenvalue weighted by Crippen LogP contribution is -2.32. The van der Waals surface area contributed by atoms with Crippen molar-refractivity contribution < 1.29 is 8.42 Å². The third-order valence-electron chi connectivity index (χ3n) is 4.36. The molecule has 0 aliphatic carbocycles. The van der Waals surface area contributed by atoms with Crippen LogP contribution in [0, 0.1) is 6.92 Å². The number of nitrogens with zero attached hydrogens (tertiary/aromatic N) is 1. The largest absolute Gasteiger partial charge is 0.266 e. The summed E-state index contributed by atoms with van der Waals surface area (Å²) in [4.78, 5) is 0.335. The molecule has 0 N–H and O–H groups in total. The van der Waals surface area contributed by atoms with E-state index in [1.165, 1.54) is 0 Å².